The van der Waals surface area contributed by atoms with Gasteiger partial charge < -0.3 is 0 Å². The Labute approximate surface area is 65.2 Å². The quantitative estimate of drug-likeness (QED) is 0.533. The number of hydrogen-bond acceptors (Lipinski definition) is 1. The van der Waals surface area contributed by atoms with Gasteiger partial charge >= 0.3 is 0 Å². The third-order valence-electron chi connectivity index (χ3n) is 2.01. The van der Waals surface area contributed by atoms with E-state index in [9.17, 15) is 0 Å². The van der Waals surface area contributed by atoms with Crippen LogP contribution in [0.3, 0.4) is 0 Å². The van der Waals surface area contributed by atoms with Crippen LogP contribution in [0.25, 0.3) is 5.57 Å². The molecule has 1 heteroatoms. The summed E-state index contributed by atoms with van der Waals surface area (Å²) < 4.78 is 0. The Morgan fingerprint density at radius 2 is 2.30 bits per heavy atom. The van der Waals surface area contributed by atoms with Crippen LogP contribution in [-0.4, -0.2) is 0 Å². The Kier molecular flexibility index (Phi) is 1.38. The number of fused-ring (bicyclic) bond motifs is 1. The Morgan fingerprint density at radius 1 is 1.40 bits per heavy atom. The zero-order valence-electron chi connectivity index (χ0n) is 5.89. The molecule has 0 atom stereocenters. The van der Waals surface area contributed by atoms with Gasteiger partial charge in [0.15, 0.2) is 0 Å². The van der Waals surface area contributed by atoms with Crippen molar-refractivity contribution in [2.45, 2.75) is 19.3 Å². The van der Waals surface area contributed by atoms with Gasteiger partial charge in [-0.25, -0.2) is 0 Å². The predicted octanol–water partition coefficient (Wildman–Crippen LogP) is 3.10. The molecule has 1 heterocycles. The highest BCUT2D eigenvalue weighted by Crippen LogP contribution is 2.32. The number of allylic oxidation sites excluding steroid dienone is 1. The number of thiophene rings is 1. The van der Waals surface area contributed by atoms with Crippen molar-refractivity contribution in [2.24, 2.45) is 0 Å². The molecule has 0 aliphatic heterocycles. The molecule has 0 saturated heterocycles. The van der Waals surface area contributed by atoms with E-state index in [0.29, 0.717) is 0 Å². The lowest BCUT2D eigenvalue weighted by Gasteiger charge is -2.12. The molecule has 0 N–H and O–H groups in total. The van der Waals surface area contributed by atoms with Crippen molar-refractivity contribution in [1.29, 1.82) is 0 Å². The van der Waals surface area contributed by atoms with Gasteiger partial charge in [-0.1, -0.05) is 6.58 Å². The maximum atomic E-state index is 4.03. The summed E-state index contributed by atoms with van der Waals surface area (Å²) in [7, 11) is 0. The van der Waals surface area contributed by atoms with E-state index >= 15 is 0 Å². The number of hydrogen-bond donors (Lipinski definition) is 0. The first-order chi connectivity index (χ1) is 4.88. The van der Waals surface area contributed by atoms with Crippen LogP contribution < -0.4 is 0 Å². The molecule has 0 unspecified atom stereocenters. The fraction of sp³-hybridized carbons (Fsp3) is 0.333. The summed E-state index contributed by atoms with van der Waals surface area (Å²) in [6.45, 7) is 4.03. The molecule has 0 fully saturated rings. The van der Waals surface area contributed by atoms with Crippen molar-refractivity contribution in [2.75, 3.05) is 0 Å². The summed E-state index contributed by atoms with van der Waals surface area (Å²) in [6, 6.07) is 2.20. The summed E-state index contributed by atoms with van der Waals surface area (Å²) in [6.07, 6.45) is 3.77. The van der Waals surface area contributed by atoms with Gasteiger partial charge in [0.25, 0.3) is 0 Å². The van der Waals surface area contributed by atoms with Crippen molar-refractivity contribution in [3.8, 4) is 0 Å². The summed E-state index contributed by atoms with van der Waals surface area (Å²) in [5.74, 6) is 0. The SMILES string of the molecule is C=C1CCCc2sccc21. The molecule has 1 aromatic rings. The maximum Gasteiger partial charge on any atom is 0.0120 e. The Balaban J connectivity index is 2.50. The average molecular weight is 150 g/mol. The highest BCUT2D eigenvalue weighted by atomic mass is 32.1. The van der Waals surface area contributed by atoms with Crippen LogP contribution in [0.15, 0.2) is 18.0 Å². The van der Waals surface area contributed by atoms with E-state index in [1.165, 1.54) is 35.3 Å². The largest absolute Gasteiger partial charge is 0.148 e. The summed E-state index contributed by atoms with van der Waals surface area (Å²) in [4.78, 5) is 1.54. The van der Waals surface area contributed by atoms with Gasteiger partial charge in [0, 0.05) is 4.88 Å². The molecule has 1 aliphatic rings. The molecule has 0 spiro atoms. The minimum Gasteiger partial charge on any atom is -0.148 e. The fourth-order valence-electron chi connectivity index (χ4n) is 1.45. The highest BCUT2D eigenvalue weighted by Gasteiger charge is 2.12. The molecule has 0 bridgehead atoms. The molecule has 0 saturated carbocycles. The minimum atomic E-state index is 1.20. The molecular formula is C9H10S. The lowest BCUT2D eigenvalue weighted by molar-refractivity contribution is 0.839. The van der Waals surface area contributed by atoms with E-state index in [-0.39, 0.29) is 0 Å². The molecule has 10 heavy (non-hydrogen) atoms. The van der Waals surface area contributed by atoms with E-state index in [1.54, 1.807) is 0 Å². The smallest absolute Gasteiger partial charge is 0.0120 e. The molecular weight excluding hydrogens is 140 g/mol. The van der Waals surface area contributed by atoms with E-state index in [4.69, 9.17) is 0 Å². The lowest BCUT2D eigenvalue weighted by Crippen LogP contribution is -1.95. The molecule has 0 amide bonds. The standard InChI is InChI=1S/C9H10S/c1-7-3-2-4-9-8(7)5-6-10-9/h5-6H,1-4H2. The second-order valence-corrected chi connectivity index (χ2v) is 3.72. The van der Waals surface area contributed by atoms with E-state index < -0.39 is 0 Å². The van der Waals surface area contributed by atoms with Crippen LogP contribution in [0, 0.1) is 0 Å². The van der Waals surface area contributed by atoms with Crippen molar-refractivity contribution >= 4 is 16.9 Å². The summed E-state index contributed by atoms with van der Waals surface area (Å²) >= 11 is 1.87. The normalized spacial score (nSPS) is 17.0. The van der Waals surface area contributed by atoms with Gasteiger partial charge in [-0.2, -0.15) is 0 Å². The Bertz CT molecular complexity index is 257. The highest BCUT2D eigenvalue weighted by molar-refractivity contribution is 7.10. The molecule has 0 aromatic carbocycles. The van der Waals surface area contributed by atoms with E-state index in [0.717, 1.165) is 0 Å². The first-order valence-corrected chi connectivity index (χ1v) is 4.50. The van der Waals surface area contributed by atoms with E-state index in [1.807, 2.05) is 11.3 Å². The van der Waals surface area contributed by atoms with Crippen LogP contribution in [0.1, 0.15) is 23.3 Å². The predicted molar refractivity (Wildman–Crippen MR) is 46.3 cm³/mol. The van der Waals surface area contributed by atoms with Gasteiger partial charge in [0.2, 0.25) is 0 Å². The van der Waals surface area contributed by atoms with Crippen LogP contribution >= 0.6 is 11.3 Å². The third-order valence-corrected chi connectivity index (χ3v) is 2.99. The van der Waals surface area contributed by atoms with Crippen LogP contribution in [0.4, 0.5) is 0 Å². The van der Waals surface area contributed by atoms with Gasteiger partial charge in [0.05, 0.1) is 0 Å². The number of rotatable bonds is 0. The van der Waals surface area contributed by atoms with Gasteiger partial charge in [-0.05, 0) is 41.8 Å². The monoisotopic (exact) mass is 150 g/mol. The summed E-state index contributed by atoms with van der Waals surface area (Å²) in [5, 5.41) is 2.17. The van der Waals surface area contributed by atoms with Gasteiger partial charge in [-0.15, -0.1) is 11.3 Å². The minimum absolute atomic E-state index is 1.20. The van der Waals surface area contributed by atoms with Crippen LogP contribution in [0.5, 0.6) is 0 Å². The zero-order chi connectivity index (χ0) is 6.97. The molecule has 2 rings (SSSR count). The molecule has 0 radical (unpaired) electrons. The molecule has 1 aliphatic carbocycles. The second-order valence-electron chi connectivity index (χ2n) is 2.71. The Hall–Kier alpha value is -0.560. The molecule has 0 nitrogen and oxygen atoms in total. The summed E-state index contributed by atoms with van der Waals surface area (Å²) in [5.41, 5.74) is 2.76. The maximum absolute atomic E-state index is 4.03. The fourth-order valence-corrected chi connectivity index (χ4v) is 2.42. The third kappa shape index (κ3) is 0.816. The van der Waals surface area contributed by atoms with Crippen LogP contribution in [-0.2, 0) is 6.42 Å². The zero-order valence-corrected chi connectivity index (χ0v) is 6.71. The lowest BCUT2D eigenvalue weighted by atomic mass is 9.95. The van der Waals surface area contributed by atoms with Gasteiger partial charge in [0.1, 0.15) is 0 Å². The van der Waals surface area contributed by atoms with Crippen molar-refractivity contribution in [3.05, 3.63) is 28.5 Å². The Morgan fingerprint density at radius 3 is 3.10 bits per heavy atom. The average Bonchev–Trinajstić information content (AvgIpc) is 2.36. The number of aryl methyl sites for hydroxylation is 1. The second kappa shape index (κ2) is 2.24. The van der Waals surface area contributed by atoms with Crippen molar-refractivity contribution < 1.29 is 0 Å². The topological polar surface area (TPSA) is 0 Å². The molecule has 1 aromatic heterocycles. The van der Waals surface area contributed by atoms with Crippen molar-refractivity contribution in [1.82, 2.24) is 0 Å². The van der Waals surface area contributed by atoms with E-state index in [2.05, 4.69) is 18.0 Å². The molecule has 52 valence electrons. The van der Waals surface area contributed by atoms with Gasteiger partial charge in [-0.3, -0.25) is 0 Å². The first kappa shape index (κ1) is 6.17. The van der Waals surface area contributed by atoms with Crippen LogP contribution in [0.2, 0.25) is 0 Å². The van der Waals surface area contributed by atoms with Crippen molar-refractivity contribution in [3.63, 3.8) is 0 Å². The first-order valence-electron chi connectivity index (χ1n) is 3.62.